The van der Waals surface area contributed by atoms with E-state index in [2.05, 4.69) is 6.92 Å². The summed E-state index contributed by atoms with van der Waals surface area (Å²) in [5.74, 6) is 0. The van der Waals surface area contributed by atoms with E-state index in [-0.39, 0.29) is 12.8 Å². The Balaban J connectivity index is 3.68. The average Bonchev–Trinajstić information content (AvgIpc) is 2.66. The molecule has 0 heterocycles. The highest BCUT2D eigenvalue weighted by molar-refractivity contribution is 5.69. The molecular formula is C20H39NO5. The number of hydrogen-bond acceptors (Lipinski definition) is 5. The first-order valence-corrected chi connectivity index (χ1v) is 10.3. The van der Waals surface area contributed by atoms with Gasteiger partial charge in [0.05, 0.1) is 18.8 Å². The summed E-state index contributed by atoms with van der Waals surface area (Å²) < 4.78 is 0. The molecule has 0 radical (unpaired) electrons. The molecule has 0 aliphatic rings. The first kappa shape index (κ1) is 25.0. The van der Waals surface area contributed by atoms with Crippen molar-refractivity contribution in [2.24, 2.45) is 0 Å². The molecule has 26 heavy (non-hydrogen) atoms. The highest BCUT2D eigenvalue weighted by atomic mass is 16.3. The van der Waals surface area contributed by atoms with Crippen molar-refractivity contribution in [2.45, 2.75) is 109 Å². The van der Waals surface area contributed by atoms with Crippen LogP contribution in [0.15, 0.2) is 0 Å². The summed E-state index contributed by atoms with van der Waals surface area (Å²) in [5, 5.41) is 29.2. The van der Waals surface area contributed by atoms with Crippen LogP contribution >= 0.6 is 0 Å². The molecule has 0 aliphatic heterocycles. The Labute approximate surface area is 158 Å². The lowest BCUT2D eigenvalue weighted by molar-refractivity contribution is -0.139. The van der Waals surface area contributed by atoms with E-state index in [1.54, 1.807) is 0 Å². The van der Waals surface area contributed by atoms with Crippen LogP contribution in [-0.4, -0.2) is 57.9 Å². The maximum Gasteiger partial charge on any atom is 0.216 e. The number of amides is 2. The van der Waals surface area contributed by atoms with Crippen LogP contribution in [0.1, 0.15) is 90.4 Å². The van der Waals surface area contributed by atoms with Crippen LogP contribution in [0.5, 0.6) is 0 Å². The van der Waals surface area contributed by atoms with Crippen LogP contribution in [0.3, 0.4) is 0 Å². The molecule has 0 aromatic rings. The summed E-state index contributed by atoms with van der Waals surface area (Å²) in [6, 6.07) is -1.10. The molecule has 0 saturated carbocycles. The van der Waals surface area contributed by atoms with Gasteiger partial charge < -0.3 is 15.3 Å². The van der Waals surface area contributed by atoms with Crippen molar-refractivity contribution in [3.63, 3.8) is 0 Å². The van der Waals surface area contributed by atoms with Gasteiger partial charge in [0.2, 0.25) is 12.8 Å². The van der Waals surface area contributed by atoms with E-state index in [9.17, 15) is 24.9 Å². The van der Waals surface area contributed by atoms with Crippen LogP contribution < -0.4 is 0 Å². The molecule has 0 unspecified atom stereocenters. The van der Waals surface area contributed by atoms with Gasteiger partial charge in [0.25, 0.3) is 0 Å². The van der Waals surface area contributed by atoms with Gasteiger partial charge in [-0.25, -0.2) is 0 Å². The number of carbonyl (C=O) groups is 2. The third kappa shape index (κ3) is 11.6. The van der Waals surface area contributed by atoms with Crippen molar-refractivity contribution in [3.8, 4) is 0 Å². The minimum atomic E-state index is -1.33. The lowest BCUT2D eigenvalue weighted by Crippen LogP contribution is -2.49. The summed E-state index contributed by atoms with van der Waals surface area (Å²) in [4.78, 5) is 22.1. The zero-order valence-corrected chi connectivity index (χ0v) is 16.4. The lowest BCUT2D eigenvalue weighted by atomic mass is 9.99. The molecule has 6 heteroatoms. The Morgan fingerprint density at radius 3 is 1.58 bits per heavy atom. The van der Waals surface area contributed by atoms with Gasteiger partial charge in [-0.05, 0) is 6.42 Å². The molecule has 0 bridgehead atoms. The first-order chi connectivity index (χ1) is 12.6. The van der Waals surface area contributed by atoms with Gasteiger partial charge in [-0.3, -0.25) is 14.5 Å². The molecule has 0 fully saturated rings. The van der Waals surface area contributed by atoms with Gasteiger partial charge in [-0.1, -0.05) is 84.0 Å². The highest BCUT2D eigenvalue weighted by Crippen LogP contribution is 2.15. The third-order valence-electron chi connectivity index (χ3n) is 4.96. The van der Waals surface area contributed by atoms with Crippen molar-refractivity contribution in [1.29, 1.82) is 0 Å². The van der Waals surface area contributed by atoms with Crippen LogP contribution in [0.4, 0.5) is 0 Å². The lowest BCUT2D eigenvalue weighted by Gasteiger charge is -2.29. The molecule has 0 aliphatic carbocycles. The number of aliphatic hydroxyl groups excluding tert-OH is 3. The maximum absolute atomic E-state index is 10.7. The molecule has 154 valence electrons. The Hall–Kier alpha value is -0.980. The number of unbranched alkanes of at least 4 members (excludes halogenated alkanes) is 11. The molecule has 0 aromatic heterocycles. The number of nitrogens with zero attached hydrogens (tertiary/aromatic N) is 1. The molecule has 3 N–H and O–H groups in total. The van der Waals surface area contributed by atoms with Gasteiger partial charge in [0, 0.05) is 0 Å². The van der Waals surface area contributed by atoms with Crippen LogP contribution in [0, 0.1) is 0 Å². The van der Waals surface area contributed by atoms with Crippen molar-refractivity contribution >= 4 is 12.8 Å². The Morgan fingerprint density at radius 1 is 0.769 bits per heavy atom. The monoisotopic (exact) mass is 373 g/mol. The molecular weight excluding hydrogens is 334 g/mol. The van der Waals surface area contributed by atoms with Crippen LogP contribution in [0.25, 0.3) is 0 Å². The van der Waals surface area contributed by atoms with Crippen molar-refractivity contribution in [2.75, 3.05) is 6.61 Å². The maximum atomic E-state index is 10.7. The normalized spacial score (nSPS) is 14.6. The zero-order valence-electron chi connectivity index (χ0n) is 16.4. The Kier molecular flexibility index (Phi) is 16.8. The molecule has 3 atom stereocenters. The number of imide groups is 1. The minimum Gasteiger partial charge on any atom is -0.394 e. The molecule has 0 saturated heterocycles. The van der Waals surface area contributed by atoms with E-state index in [1.165, 1.54) is 57.8 Å². The quantitative estimate of drug-likeness (QED) is 0.239. The second kappa shape index (κ2) is 17.4. The van der Waals surface area contributed by atoms with E-state index in [0.717, 1.165) is 19.3 Å². The first-order valence-electron chi connectivity index (χ1n) is 10.3. The molecule has 0 aromatic carbocycles. The largest absolute Gasteiger partial charge is 0.394 e. The second-order valence-electron chi connectivity index (χ2n) is 7.14. The Morgan fingerprint density at radius 2 is 1.19 bits per heavy atom. The van der Waals surface area contributed by atoms with Crippen molar-refractivity contribution < 1.29 is 24.9 Å². The van der Waals surface area contributed by atoms with Gasteiger partial charge >= 0.3 is 0 Å². The predicted molar refractivity (Wildman–Crippen MR) is 103 cm³/mol. The number of hydrogen-bond donors (Lipinski definition) is 3. The highest BCUT2D eigenvalue weighted by Gasteiger charge is 2.29. The zero-order chi connectivity index (χ0) is 19.6. The fourth-order valence-electron chi connectivity index (χ4n) is 3.18. The summed E-state index contributed by atoms with van der Waals surface area (Å²) in [7, 11) is 0. The predicted octanol–water partition coefficient (Wildman–Crippen LogP) is 2.78. The van der Waals surface area contributed by atoms with Gasteiger partial charge in [-0.15, -0.1) is 0 Å². The summed E-state index contributed by atoms with van der Waals surface area (Å²) in [6.45, 7) is 1.66. The van der Waals surface area contributed by atoms with Crippen LogP contribution in [-0.2, 0) is 9.59 Å². The SMILES string of the molecule is CCCCCCCCCCCCCC[C@@H](O)[C@@H](O)[C@H](CO)N(C=O)C=O. The smallest absolute Gasteiger partial charge is 0.216 e. The molecule has 0 rings (SSSR count). The van der Waals surface area contributed by atoms with Gasteiger partial charge in [0.15, 0.2) is 0 Å². The Bertz CT molecular complexity index is 332. The number of carbonyl (C=O) groups excluding carboxylic acids is 2. The van der Waals surface area contributed by atoms with Crippen molar-refractivity contribution in [3.05, 3.63) is 0 Å². The van der Waals surface area contributed by atoms with E-state index in [1.807, 2.05) is 0 Å². The number of aliphatic hydroxyl groups is 3. The molecule has 2 amide bonds. The van der Waals surface area contributed by atoms with Crippen LogP contribution in [0.2, 0.25) is 0 Å². The van der Waals surface area contributed by atoms with E-state index >= 15 is 0 Å². The fraction of sp³-hybridized carbons (Fsp3) is 0.900. The molecule has 0 spiro atoms. The van der Waals surface area contributed by atoms with E-state index in [0.29, 0.717) is 11.3 Å². The molecule has 6 nitrogen and oxygen atoms in total. The van der Waals surface area contributed by atoms with E-state index in [4.69, 9.17) is 0 Å². The summed E-state index contributed by atoms with van der Waals surface area (Å²) in [6.07, 6.45) is 13.1. The van der Waals surface area contributed by atoms with E-state index < -0.39 is 24.9 Å². The van der Waals surface area contributed by atoms with Gasteiger partial charge in [-0.2, -0.15) is 0 Å². The average molecular weight is 374 g/mol. The second-order valence-corrected chi connectivity index (χ2v) is 7.14. The van der Waals surface area contributed by atoms with Crippen molar-refractivity contribution in [1.82, 2.24) is 4.90 Å². The fourth-order valence-corrected chi connectivity index (χ4v) is 3.18. The number of rotatable bonds is 19. The standard InChI is InChI=1S/C20H39NO5/c1-2-3-4-5-6-7-8-9-10-11-12-13-14-19(25)20(26)18(15-22)21(16-23)17-24/h16-20,22,25-26H,2-15H2,1H3/t18-,19+,20-/m0/s1. The topological polar surface area (TPSA) is 98.1 Å². The summed E-state index contributed by atoms with van der Waals surface area (Å²) >= 11 is 0. The minimum absolute atomic E-state index is 0.244. The van der Waals surface area contributed by atoms with Gasteiger partial charge in [0.1, 0.15) is 6.10 Å². The summed E-state index contributed by atoms with van der Waals surface area (Å²) in [5.41, 5.74) is 0. The third-order valence-corrected chi connectivity index (χ3v) is 4.96.